The number of Topliss-reactive ketones (excluding diaryl/α,β-unsaturated/α-hetero) is 1. The van der Waals surface area contributed by atoms with E-state index in [1.54, 1.807) is 0 Å². The van der Waals surface area contributed by atoms with Crippen LogP contribution in [-0.4, -0.2) is 57.8 Å². The normalized spacial score (nSPS) is 9.67. The number of azide groups is 2. The SMILES string of the molecule is [N-]=[N+]=NCCCCC(=O)COCCOCC(=O)NCCCN=[N+]=[N-]. The average molecular weight is 341 g/mol. The Morgan fingerprint density at radius 2 is 1.54 bits per heavy atom. The summed E-state index contributed by atoms with van der Waals surface area (Å²) in [5.74, 6) is -0.277. The second-order valence-electron chi connectivity index (χ2n) is 4.71. The molecule has 134 valence electrons. The molecule has 0 aliphatic heterocycles. The highest BCUT2D eigenvalue weighted by Gasteiger charge is 2.03. The zero-order chi connectivity index (χ0) is 17.9. The van der Waals surface area contributed by atoms with Crippen LogP contribution in [0.25, 0.3) is 20.9 Å². The lowest BCUT2D eigenvalue weighted by Crippen LogP contribution is -2.29. The summed E-state index contributed by atoms with van der Waals surface area (Å²) in [6.45, 7) is 1.53. The van der Waals surface area contributed by atoms with Crippen molar-refractivity contribution in [2.24, 2.45) is 10.2 Å². The molecular formula is C13H23N7O4. The van der Waals surface area contributed by atoms with Gasteiger partial charge < -0.3 is 14.8 Å². The van der Waals surface area contributed by atoms with Gasteiger partial charge in [0.15, 0.2) is 5.78 Å². The summed E-state index contributed by atoms with van der Waals surface area (Å²) in [5, 5.41) is 9.34. The Balaban J connectivity index is 3.36. The van der Waals surface area contributed by atoms with Crippen LogP contribution in [0.1, 0.15) is 25.7 Å². The molecule has 0 heterocycles. The van der Waals surface area contributed by atoms with Crippen LogP contribution in [-0.2, 0) is 19.1 Å². The van der Waals surface area contributed by atoms with Gasteiger partial charge in [-0.3, -0.25) is 9.59 Å². The molecule has 1 N–H and O–H groups in total. The van der Waals surface area contributed by atoms with Gasteiger partial charge in [0.25, 0.3) is 0 Å². The summed E-state index contributed by atoms with van der Waals surface area (Å²) in [7, 11) is 0. The molecule has 0 spiro atoms. The van der Waals surface area contributed by atoms with Crippen molar-refractivity contribution in [1.29, 1.82) is 0 Å². The maximum absolute atomic E-state index is 11.4. The third-order valence-corrected chi connectivity index (χ3v) is 2.72. The largest absolute Gasteiger partial charge is 0.371 e. The van der Waals surface area contributed by atoms with Gasteiger partial charge in [-0.25, -0.2) is 0 Å². The second kappa shape index (κ2) is 17.0. The van der Waals surface area contributed by atoms with Crippen molar-refractivity contribution >= 4 is 11.7 Å². The molecule has 0 aromatic heterocycles. The van der Waals surface area contributed by atoms with E-state index in [0.29, 0.717) is 45.3 Å². The fourth-order valence-corrected chi connectivity index (χ4v) is 1.56. The Morgan fingerprint density at radius 3 is 2.21 bits per heavy atom. The van der Waals surface area contributed by atoms with Crippen LogP contribution in [0.15, 0.2) is 10.2 Å². The van der Waals surface area contributed by atoms with Gasteiger partial charge in [-0.15, -0.1) is 0 Å². The third kappa shape index (κ3) is 16.1. The summed E-state index contributed by atoms with van der Waals surface area (Å²) in [6.07, 6.45) is 2.30. The van der Waals surface area contributed by atoms with Crippen molar-refractivity contribution in [3.8, 4) is 0 Å². The Kier molecular flexibility index (Phi) is 15.4. The number of nitrogens with zero attached hydrogens (tertiary/aromatic N) is 6. The Hall–Kier alpha value is -2.32. The van der Waals surface area contributed by atoms with Crippen LogP contribution in [0.5, 0.6) is 0 Å². The number of amides is 1. The highest BCUT2D eigenvalue weighted by atomic mass is 16.5. The number of carbonyl (C=O) groups excluding carboxylic acids is 2. The number of hydrogen-bond donors (Lipinski definition) is 1. The maximum atomic E-state index is 11.4. The number of unbranched alkanes of at least 4 members (excludes halogenated alkanes) is 1. The Bertz CT molecular complexity index is 417. The number of ketones is 1. The van der Waals surface area contributed by atoms with Gasteiger partial charge in [0.05, 0.1) is 13.2 Å². The zero-order valence-corrected chi connectivity index (χ0v) is 13.6. The molecule has 11 nitrogen and oxygen atoms in total. The van der Waals surface area contributed by atoms with Gasteiger partial charge in [0, 0.05) is 35.9 Å². The standard InChI is InChI=1S/C13H23N7O4/c14-19-17-6-2-1-4-12(21)10-23-8-9-24-11-13(22)16-5-3-7-18-20-15/h1-11H2,(H,16,22). The molecule has 0 saturated heterocycles. The molecular weight excluding hydrogens is 318 g/mol. The van der Waals surface area contributed by atoms with E-state index >= 15 is 0 Å². The fraction of sp³-hybridized carbons (Fsp3) is 0.846. The van der Waals surface area contributed by atoms with Crippen molar-refractivity contribution < 1.29 is 19.1 Å². The minimum atomic E-state index is -0.257. The van der Waals surface area contributed by atoms with Gasteiger partial charge in [0.1, 0.15) is 13.2 Å². The van der Waals surface area contributed by atoms with Crippen LogP contribution in [0.2, 0.25) is 0 Å². The second-order valence-corrected chi connectivity index (χ2v) is 4.71. The number of nitrogens with one attached hydrogen (secondary N) is 1. The van der Waals surface area contributed by atoms with Crippen LogP contribution in [0.4, 0.5) is 0 Å². The Morgan fingerprint density at radius 1 is 0.917 bits per heavy atom. The molecule has 0 atom stereocenters. The quantitative estimate of drug-likeness (QED) is 0.196. The lowest BCUT2D eigenvalue weighted by molar-refractivity contribution is -0.128. The van der Waals surface area contributed by atoms with Crippen molar-refractivity contribution in [3.05, 3.63) is 20.9 Å². The summed E-state index contributed by atoms with van der Waals surface area (Å²) >= 11 is 0. The molecule has 1 amide bonds. The number of ether oxygens (including phenoxy) is 2. The maximum Gasteiger partial charge on any atom is 0.245 e. The molecule has 0 unspecified atom stereocenters. The van der Waals surface area contributed by atoms with Crippen molar-refractivity contribution in [2.75, 3.05) is 46.1 Å². The number of carbonyl (C=O) groups is 2. The molecule has 0 rings (SSSR count). The minimum absolute atomic E-state index is 0.0104. The average Bonchev–Trinajstić information content (AvgIpc) is 2.57. The van der Waals surface area contributed by atoms with E-state index in [9.17, 15) is 9.59 Å². The van der Waals surface area contributed by atoms with Crippen LogP contribution in [0.3, 0.4) is 0 Å². The van der Waals surface area contributed by atoms with Crippen molar-refractivity contribution in [2.45, 2.75) is 25.7 Å². The monoisotopic (exact) mass is 341 g/mol. The van der Waals surface area contributed by atoms with Gasteiger partial charge in [-0.1, -0.05) is 10.2 Å². The molecule has 0 radical (unpaired) electrons. The third-order valence-electron chi connectivity index (χ3n) is 2.72. The molecule has 0 aromatic carbocycles. The number of hydrogen-bond acceptors (Lipinski definition) is 6. The lowest BCUT2D eigenvalue weighted by atomic mass is 10.2. The first kappa shape index (κ1) is 21.7. The summed E-state index contributed by atoms with van der Waals surface area (Å²) < 4.78 is 10.3. The minimum Gasteiger partial charge on any atom is -0.371 e. The van der Waals surface area contributed by atoms with Crippen LogP contribution < -0.4 is 5.32 Å². The van der Waals surface area contributed by atoms with E-state index in [1.165, 1.54) is 0 Å². The van der Waals surface area contributed by atoms with E-state index < -0.39 is 0 Å². The first-order valence-corrected chi connectivity index (χ1v) is 7.66. The van der Waals surface area contributed by atoms with Gasteiger partial charge >= 0.3 is 0 Å². The first-order valence-electron chi connectivity index (χ1n) is 7.66. The molecule has 0 aromatic rings. The topological polar surface area (TPSA) is 162 Å². The van der Waals surface area contributed by atoms with E-state index in [4.69, 9.17) is 20.5 Å². The molecule has 0 bridgehead atoms. The van der Waals surface area contributed by atoms with Crippen molar-refractivity contribution in [3.63, 3.8) is 0 Å². The summed E-state index contributed by atoms with van der Waals surface area (Å²) in [4.78, 5) is 28.0. The van der Waals surface area contributed by atoms with E-state index in [-0.39, 0.29) is 38.1 Å². The van der Waals surface area contributed by atoms with E-state index in [1.807, 2.05) is 0 Å². The molecule has 24 heavy (non-hydrogen) atoms. The van der Waals surface area contributed by atoms with E-state index in [0.717, 1.165) is 0 Å². The molecule has 0 saturated carbocycles. The summed E-state index contributed by atoms with van der Waals surface area (Å²) in [5.41, 5.74) is 16.2. The highest BCUT2D eigenvalue weighted by Crippen LogP contribution is 1.97. The molecule has 0 aliphatic rings. The van der Waals surface area contributed by atoms with Crippen molar-refractivity contribution in [1.82, 2.24) is 5.32 Å². The molecule has 0 fully saturated rings. The van der Waals surface area contributed by atoms with Crippen LogP contribution in [0, 0.1) is 0 Å². The number of rotatable bonds is 16. The first-order chi connectivity index (χ1) is 11.7. The predicted octanol–water partition coefficient (Wildman–Crippen LogP) is 1.89. The lowest BCUT2D eigenvalue weighted by Gasteiger charge is -2.06. The molecule has 0 aliphatic carbocycles. The van der Waals surface area contributed by atoms with E-state index in [2.05, 4.69) is 25.4 Å². The Labute approximate surface area is 139 Å². The summed E-state index contributed by atoms with van der Waals surface area (Å²) in [6, 6.07) is 0. The predicted molar refractivity (Wildman–Crippen MR) is 86.1 cm³/mol. The van der Waals surface area contributed by atoms with Gasteiger partial charge in [0.2, 0.25) is 5.91 Å². The zero-order valence-electron chi connectivity index (χ0n) is 13.6. The fourth-order valence-electron chi connectivity index (χ4n) is 1.56. The van der Waals surface area contributed by atoms with Crippen LogP contribution >= 0.6 is 0 Å². The molecule has 11 heteroatoms. The highest BCUT2D eigenvalue weighted by molar-refractivity contribution is 5.79. The smallest absolute Gasteiger partial charge is 0.245 e. The van der Waals surface area contributed by atoms with Gasteiger partial charge in [-0.05, 0) is 30.3 Å². The van der Waals surface area contributed by atoms with Gasteiger partial charge in [-0.2, -0.15) is 0 Å².